The number of rotatable bonds is 0. The SMILES string of the molecule is CC12CCCCSC(Cc3ccc(O)cc31)C2N. The molecule has 0 amide bonds. The van der Waals surface area contributed by atoms with Gasteiger partial charge < -0.3 is 10.8 Å². The van der Waals surface area contributed by atoms with Crippen molar-refractivity contribution in [2.75, 3.05) is 5.75 Å². The highest BCUT2D eigenvalue weighted by Gasteiger charge is 2.44. The van der Waals surface area contributed by atoms with Crippen molar-refractivity contribution in [1.29, 1.82) is 0 Å². The third kappa shape index (κ3) is 1.84. The van der Waals surface area contributed by atoms with Crippen molar-refractivity contribution >= 4 is 11.8 Å². The lowest BCUT2D eigenvalue weighted by Gasteiger charge is -2.47. The summed E-state index contributed by atoms with van der Waals surface area (Å²) in [7, 11) is 0. The predicted molar refractivity (Wildman–Crippen MR) is 77.2 cm³/mol. The van der Waals surface area contributed by atoms with Gasteiger partial charge in [0.1, 0.15) is 5.75 Å². The van der Waals surface area contributed by atoms with Crippen molar-refractivity contribution in [3.63, 3.8) is 0 Å². The molecule has 1 aromatic rings. The molecule has 0 radical (unpaired) electrons. The third-order valence-electron chi connectivity index (χ3n) is 4.69. The van der Waals surface area contributed by atoms with E-state index in [9.17, 15) is 5.11 Å². The lowest BCUT2D eigenvalue weighted by molar-refractivity contribution is 0.306. The highest BCUT2D eigenvalue weighted by molar-refractivity contribution is 7.99. The summed E-state index contributed by atoms with van der Waals surface area (Å²) in [5.41, 5.74) is 9.25. The lowest BCUT2D eigenvalue weighted by Crippen LogP contribution is -2.54. The first-order valence-electron chi connectivity index (χ1n) is 6.81. The number of hydrogen-bond acceptors (Lipinski definition) is 3. The van der Waals surface area contributed by atoms with Crippen molar-refractivity contribution < 1.29 is 5.11 Å². The fourth-order valence-corrected chi connectivity index (χ4v) is 4.98. The maximum Gasteiger partial charge on any atom is 0.115 e. The molecule has 0 spiro atoms. The molecule has 1 aromatic carbocycles. The average molecular weight is 263 g/mol. The number of benzene rings is 1. The minimum atomic E-state index is 0.0322. The Morgan fingerprint density at radius 1 is 1.39 bits per heavy atom. The Morgan fingerprint density at radius 3 is 3.06 bits per heavy atom. The average Bonchev–Trinajstić information content (AvgIpc) is 2.35. The van der Waals surface area contributed by atoms with Crippen LogP contribution < -0.4 is 5.73 Å². The molecular weight excluding hydrogens is 242 g/mol. The first kappa shape index (κ1) is 12.4. The molecular formula is C15H21NOS. The Kier molecular flexibility index (Phi) is 3.07. The molecule has 3 heteroatoms. The van der Waals surface area contributed by atoms with Crippen LogP contribution in [0, 0.1) is 0 Å². The van der Waals surface area contributed by atoms with Crippen LogP contribution in [0.2, 0.25) is 0 Å². The molecule has 18 heavy (non-hydrogen) atoms. The van der Waals surface area contributed by atoms with Gasteiger partial charge in [0.15, 0.2) is 0 Å². The zero-order valence-electron chi connectivity index (χ0n) is 10.9. The molecule has 2 bridgehead atoms. The number of phenols is 1. The predicted octanol–water partition coefficient (Wildman–Crippen LogP) is 2.82. The van der Waals surface area contributed by atoms with Crippen molar-refractivity contribution in [3.8, 4) is 5.75 Å². The summed E-state index contributed by atoms with van der Waals surface area (Å²) in [6.07, 6.45) is 4.72. The van der Waals surface area contributed by atoms with E-state index >= 15 is 0 Å². The molecule has 0 aromatic heterocycles. The van der Waals surface area contributed by atoms with Crippen molar-refractivity contribution in [2.45, 2.75) is 49.3 Å². The van der Waals surface area contributed by atoms with Crippen LogP contribution in [0.3, 0.4) is 0 Å². The molecule has 1 saturated heterocycles. The zero-order chi connectivity index (χ0) is 12.8. The van der Waals surface area contributed by atoms with Crippen LogP contribution in [0.4, 0.5) is 0 Å². The summed E-state index contributed by atoms with van der Waals surface area (Å²) in [6.45, 7) is 2.29. The Hall–Kier alpha value is -0.670. The van der Waals surface area contributed by atoms with Gasteiger partial charge in [-0.15, -0.1) is 0 Å². The van der Waals surface area contributed by atoms with Gasteiger partial charge in [-0.2, -0.15) is 11.8 Å². The molecule has 1 aliphatic heterocycles. The van der Waals surface area contributed by atoms with Gasteiger partial charge in [0.2, 0.25) is 0 Å². The highest BCUT2D eigenvalue weighted by Crippen LogP contribution is 2.46. The Bertz CT molecular complexity index is 462. The van der Waals surface area contributed by atoms with Gasteiger partial charge in [0.25, 0.3) is 0 Å². The summed E-state index contributed by atoms with van der Waals surface area (Å²) in [5.74, 6) is 1.61. The van der Waals surface area contributed by atoms with E-state index < -0.39 is 0 Å². The molecule has 98 valence electrons. The minimum Gasteiger partial charge on any atom is -0.508 e. The minimum absolute atomic E-state index is 0.0322. The Labute approximate surface area is 113 Å². The van der Waals surface area contributed by atoms with E-state index in [2.05, 4.69) is 13.0 Å². The molecule has 3 atom stereocenters. The number of nitrogens with two attached hydrogens (primary N) is 1. The first-order valence-corrected chi connectivity index (χ1v) is 7.86. The quantitative estimate of drug-likeness (QED) is 0.756. The standard InChI is InChI=1S/C15H21NOS/c1-15-6-2-3-7-18-13(14(15)16)8-10-4-5-11(17)9-12(10)15/h4-5,9,13-14,17H,2-3,6-8,16H2,1H3. The van der Waals surface area contributed by atoms with Crippen LogP contribution in [-0.2, 0) is 11.8 Å². The van der Waals surface area contributed by atoms with E-state index in [1.54, 1.807) is 0 Å². The fraction of sp³-hybridized carbons (Fsp3) is 0.600. The topological polar surface area (TPSA) is 46.2 Å². The second-order valence-electron chi connectivity index (χ2n) is 5.86. The van der Waals surface area contributed by atoms with E-state index in [0.29, 0.717) is 11.0 Å². The van der Waals surface area contributed by atoms with Gasteiger partial charge in [0, 0.05) is 16.7 Å². The molecule has 3 unspecified atom stereocenters. The molecule has 0 saturated carbocycles. The van der Waals surface area contributed by atoms with Gasteiger partial charge >= 0.3 is 0 Å². The number of thioether (sulfide) groups is 1. The zero-order valence-corrected chi connectivity index (χ0v) is 11.7. The number of hydrogen-bond donors (Lipinski definition) is 2. The number of aromatic hydroxyl groups is 1. The summed E-state index contributed by atoms with van der Waals surface area (Å²) >= 11 is 2.04. The van der Waals surface area contributed by atoms with Crippen LogP contribution in [-0.4, -0.2) is 22.2 Å². The van der Waals surface area contributed by atoms with Gasteiger partial charge in [0.05, 0.1) is 0 Å². The van der Waals surface area contributed by atoms with E-state index in [0.717, 1.165) is 12.8 Å². The summed E-state index contributed by atoms with van der Waals surface area (Å²) in [6, 6.07) is 6.04. The summed E-state index contributed by atoms with van der Waals surface area (Å²) < 4.78 is 0. The summed E-state index contributed by atoms with van der Waals surface area (Å²) in [5, 5.41) is 10.3. The Morgan fingerprint density at radius 2 is 2.22 bits per heavy atom. The smallest absolute Gasteiger partial charge is 0.115 e. The normalized spacial score (nSPS) is 35.4. The Balaban J connectivity index is 2.11. The van der Waals surface area contributed by atoms with Crippen LogP contribution in [0.5, 0.6) is 5.75 Å². The van der Waals surface area contributed by atoms with Crippen LogP contribution >= 0.6 is 11.8 Å². The van der Waals surface area contributed by atoms with Gasteiger partial charge in [-0.3, -0.25) is 0 Å². The molecule has 3 rings (SSSR count). The molecule has 2 aliphatic rings. The maximum atomic E-state index is 9.77. The molecule has 1 heterocycles. The fourth-order valence-electron chi connectivity index (χ4n) is 3.50. The van der Waals surface area contributed by atoms with Crippen LogP contribution in [0.25, 0.3) is 0 Å². The largest absolute Gasteiger partial charge is 0.508 e. The van der Waals surface area contributed by atoms with Crippen molar-refractivity contribution in [3.05, 3.63) is 29.3 Å². The molecule has 3 N–H and O–H groups in total. The van der Waals surface area contributed by atoms with E-state index in [1.807, 2.05) is 23.9 Å². The molecule has 2 nitrogen and oxygen atoms in total. The van der Waals surface area contributed by atoms with Crippen molar-refractivity contribution in [2.24, 2.45) is 5.73 Å². The van der Waals surface area contributed by atoms with E-state index in [-0.39, 0.29) is 11.5 Å². The maximum absolute atomic E-state index is 9.77. The van der Waals surface area contributed by atoms with Gasteiger partial charge in [-0.25, -0.2) is 0 Å². The van der Waals surface area contributed by atoms with Crippen molar-refractivity contribution in [1.82, 2.24) is 0 Å². The van der Waals surface area contributed by atoms with E-state index in [4.69, 9.17) is 5.73 Å². The molecule has 1 aliphatic carbocycles. The van der Waals surface area contributed by atoms with Crippen LogP contribution in [0.1, 0.15) is 37.3 Å². The molecule has 1 fully saturated rings. The second kappa shape index (κ2) is 4.46. The monoisotopic (exact) mass is 263 g/mol. The lowest BCUT2D eigenvalue weighted by atomic mass is 9.65. The third-order valence-corrected chi connectivity index (χ3v) is 6.10. The number of phenolic OH excluding ortho intramolecular Hbond substituents is 1. The van der Waals surface area contributed by atoms with Crippen LogP contribution in [0.15, 0.2) is 18.2 Å². The second-order valence-corrected chi connectivity index (χ2v) is 7.20. The number of fused-ring (bicyclic) bond motifs is 4. The van der Waals surface area contributed by atoms with Gasteiger partial charge in [-0.1, -0.05) is 19.4 Å². The van der Waals surface area contributed by atoms with Gasteiger partial charge in [-0.05, 0) is 48.3 Å². The highest BCUT2D eigenvalue weighted by atomic mass is 32.2. The first-order chi connectivity index (χ1) is 8.61. The van der Waals surface area contributed by atoms with E-state index in [1.165, 1.54) is 29.7 Å². The summed E-state index contributed by atoms with van der Waals surface area (Å²) in [4.78, 5) is 0.